The summed E-state index contributed by atoms with van der Waals surface area (Å²) in [6, 6.07) is 0.484. The predicted molar refractivity (Wildman–Crippen MR) is 55.3 cm³/mol. The van der Waals surface area contributed by atoms with Crippen molar-refractivity contribution >= 4 is 0 Å². The van der Waals surface area contributed by atoms with Gasteiger partial charge in [-0.1, -0.05) is 0 Å². The molecule has 1 fully saturated rings. The number of aromatic nitrogens is 2. The van der Waals surface area contributed by atoms with Gasteiger partial charge in [-0.25, -0.2) is 4.79 Å². The molecule has 0 spiro atoms. The molecule has 1 heterocycles. The van der Waals surface area contributed by atoms with Crippen LogP contribution in [0.1, 0.15) is 31.7 Å². The van der Waals surface area contributed by atoms with Crippen LogP contribution in [0.25, 0.3) is 0 Å². The van der Waals surface area contributed by atoms with Crippen molar-refractivity contribution in [3.05, 3.63) is 22.9 Å². The fraction of sp³-hybridized carbons (Fsp3) is 0.700. The number of imidazole rings is 1. The van der Waals surface area contributed by atoms with E-state index in [1.165, 1.54) is 0 Å². The average Bonchev–Trinajstić information content (AvgIpc) is 2.95. The fourth-order valence-corrected chi connectivity index (χ4v) is 1.66. The van der Waals surface area contributed by atoms with Crippen LogP contribution in [0.2, 0.25) is 0 Å². The lowest BCUT2D eigenvalue weighted by atomic mass is 10.3. The Kier molecular flexibility index (Phi) is 2.72. The summed E-state index contributed by atoms with van der Waals surface area (Å²) in [6.45, 7) is 1.51. The molecule has 0 aliphatic heterocycles. The van der Waals surface area contributed by atoms with Crippen LogP contribution in [-0.4, -0.2) is 15.7 Å². The molecular formula is C10H17N3O. The maximum atomic E-state index is 11.7. The molecule has 0 bridgehead atoms. The quantitative estimate of drug-likeness (QED) is 0.704. The van der Waals surface area contributed by atoms with Crippen LogP contribution in [0.3, 0.4) is 0 Å². The van der Waals surface area contributed by atoms with E-state index in [0.717, 1.165) is 32.2 Å². The van der Waals surface area contributed by atoms with E-state index in [4.69, 9.17) is 5.73 Å². The Bertz CT molecular complexity index is 348. The van der Waals surface area contributed by atoms with Gasteiger partial charge >= 0.3 is 5.69 Å². The zero-order valence-corrected chi connectivity index (χ0v) is 8.35. The van der Waals surface area contributed by atoms with E-state index in [1.807, 2.05) is 17.0 Å². The number of hydrogen-bond acceptors (Lipinski definition) is 2. The standard InChI is InChI=1S/C10H17N3O/c11-5-1-2-6-12-7-8-13(10(12)14)9-3-4-9/h7-9H,1-6,11H2. The second-order valence-electron chi connectivity index (χ2n) is 3.91. The van der Waals surface area contributed by atoms with Crippen LogP contribution < -0.4 is 11.4 Å². The number of nitrogens with zero attached hydrogens (tertiary/aromatic N) is 2. The first-order valence-electron chi connectivity index (χ1n) is 5.30. The maximum absolute atomic E-state index is 11.7. The normalized spacial score (nSPS) is 16.1. The molecule has 2 N–H and O–H groups in total. The molecule has 0 saturated heterocycles. The van der Waals surface area contributed by atoms with Gasteiger partial charge in [0.25, 0.3) is 0 Å². The Morgan fingerprint density at radius 1 is 1.36 bits per heavy atom. The molecule has 0 unspecified atom stereocenters. The van der Waals surface area contributed by atoms with Crippen molar-refractivity contribution in [3.63, 3.8) is 0 Å². The van der Waals surface area contributed by atoms with Gasteiger partial charge in [0.05, 0.1) is 0 Å². The summed E-state index contributed by atoms with van der Waals surface area (Å²) in [5, 5.41) is 0. The van der Waals surface area contributed by atoms with Crippen LogP contribution in [0.5, 0.6) is 0 Å². The predicted octanol–water partition coefficient (Wildman–Crippen LogP) is 0.724. The van der Waals surface area contributed by atoms with Crippen molar-refractivity contribution in [2.75, 3.05) is 6.54 Å². The first-order valence-corrected chi connectivity index (χ1v) is 5.30. The minimum absolute atomic E-state index is 0.143. The molecule has 4 nitrogen and oxygen atoms in total. The highest BCUT2D eigenvalue weighted by Gasteiger charge is 2.25. The van der Waals surface area contributed by atoms with E-state index in [0.29, 0.717) is 12.6 Å². The third kappa shape index (κ3) is 1.90. The Morgan fingerprint density at radius 3 is 2.79 bits per heavy atom. The Hall–Kier alpha value is -1.03. The lowest BCUT2D eigenvalue weighted by Crippen LogP contribution is -2.23. The van der Waals surface area contributed by atoms with Crippen molar-refractivity contribution in [1.82, 2.24) is 9.13 Å². The molecule has 4 heteroatoms. The van der Waals surface area contributed by atoms with Crippen molar-refractivity contribution < 1.29 is 0 Å². The molecule has 78 valence electrons. The highest BCUT2D eigenvalue weighted by Crippen LogP contribution is 2.33. The van der Waals surface area contributed by atoms with Gasteiger partial charge in [0.15, 0.2) is 0 Å². The van der Waals surface area contributed by atoms with Crippen molar-refractivity contribution in [2.45, 2.75) is 38.3 Å². The lowest BCUT2D eigenvalue weighted by molar-refractivity contribution is 0.576. The molecule has 1 aliphatic carbocycles. The summed E-state index contributed by atoms with van der Waals surface area (Å²) < 4.78 is 3.64. The molecule has 0 amide bonds. The van der Waals surface area contributed by atoms with Crippen LogP contribution in [0.4, 0.5) is 0 Å². The van der Waals surface area contributed by atoms with E-state index in [9.17, 15) is 4.79 Å². The number of hydrogen-bond donors (Lipinski definition) is 1. The second-order valence-corrected chi connectivity index (χ2v) is 3.91. The zero-order chi connectivity index (χ0) is 9.97. The molecule has 0 atom stereocenters. The molecule has 1 aromatic heterocycles. The molecule has 1 saturated carbocycles. The number of aryl methyl sites for hydroxylation is 1. The molecule has 0 aromatic carbocycles. The summed E-state index contributed by atoms with van der Waals surface area (Å²) in [5.41, 5.74) is 5.54. The fourth-order valence-electron chi connectivity index (χ4n) is 1.66. The summed E-state index contributed by atoms with van der Waals surface area (Å²) in [6.07, 6.45) is 8.09. The van der Waals surface area contributed by atoms with Crippen LogP contribution >= 0.6 is 0 Å². The minimum Gasteiger partial charge on any atom is -0.330 e. The van der Waals surface area contributed by atoms with Crippen LogP contribution in [0.15, 0.2) is 17.2 Å². The average molecular weight is 195 g/mol. The molecule has 0 radical (unpaired) electrons. The van der Waals surface area contributed by atoms with Gasteiger partial charge in [-0.05, 0) is 32.2 Å². The summed E-state index contributed by atoms with van der Waals surface area (Å²) in [4.78, 5) is 11.7. The SMILES string of the molecule is NCCCCn1ccn(C2CC2)c1=O. The van der Waals surface area contributed by atoms with Crippen LogP contribution in [-0.2, 0) is 6.54 Å². The van der Waals surface area contributed by atoms with Crippen molar-refractivity contribution in [1.29, 1.82) is 0 Å². The Balaban J connectivity index is 2.00. The van der Waals surface area contributed by atoms with Gasteiger partial charge in [-0.15, -0.1) is 0 Å². The molecule has 14 heavy (non-hydrogen) atoms. The van der Waals surface area contributed by atoms with Gasteiger partial charge in [0.1, 0.15) is 0 Å². The summed E-state index contributed by atoms with van der Waals surface area (Å²) >= 11 is 0. The van der Waals surface area contributed by atoms with E-state index >= 15 is 0 Å². The highest BCUT2D eigenvalue weighted by molar-refractivity contribution is 4.91. The summed E-state index contributed by atoms with van der Waals surface area (Å²) in [5.74, 6) is 0. The topological polar surface area (TPSA) is 52.9 Å². The van der Waals surface area contributed by atoms with Gasteiger partial charge in [0.2, 0.25) is 0 Å². The lowest BCUT2D eigenvalue weighted by Gasteiger charge is -2.00. The van der Waals surface area contributed by atoms with Gasteiger partial charge in [0, 0.05) is 25.0 Å². The van der Waals surface area contributed by atoms with Gasteiger partial charge < -0.3 is 5.73 Å². The monoisotopic (exact) mass is 195 g/mol. The molecule has 1 aliphatic rings. The Labute approximate surface area is 83.3 Å². The largest absolute Gasteiger partial charge is 0.330 e. The smallest absolute Gasteiger partial charge is 0.328 e. The number of unbranched alkanes of at least 4 members (excludes halogenated alkanes) is 1. The zero-order valence-electron chi connectivity index (χ0n) is 8.35. The Morgan fingerprint density at radius 2 is 2.14 bits per heavy atom. The molecule has 1 aromatic rings. The highest BCUT2D eigenvalue weighted by atomic mass is 16.1. The minimum atomic E-state index is 0.143. The van der Waals surface area contributed by atoms with Crippen LogP contribution in [0, 0.1) is 0 Å². The van der Waals surface area contributed by atoms with E-state index in [2.05, 4.69) is 0 Å². The molecular weight excluding hydrogens is 178 g/mol. The molecule has 2 rings (SSSR count). The maximum Gasteiger partial charge on any atom is 0.328 e. The third-order valence-electron chi connectivity index (χ3n) is 2.67. The van der Waals surface area contributed by atoms with Crippen molar-refractivity contribution in [2.24, 2.45) is 5.73 Å². The third-order valence-corrected chi connectivity index (χ3v) is 2.67. The van der Waals surface area contributed by atoms with Gasteiger partial charge in [-0.2, -0.15) is 0 Å². The van der Waals surface area contributed by atoms with Gasteiger partial charge in [-0.3, -0.25) is 9.13 Å². The van der Waals surface area contributed by atoms with E-state index in [1.54, 1.807) is 4.57 Å². The second kappa shape index (κ2) is 4.00. The van der Waals surface area contributed by atoms with E-state index < -0.39 is 0 Å². The van der Waals surface area contributed by atoms with E-state index in [-0.39, 0.29) is 5.69 Å². The number of nitrogens with two attached hydrogens (primary N) is 1. The first-order chi connectivity index (χ1) is 6.83. The first kappa shape index (κ1) is 9.52. The number of rotatable bonds is 5. The summed E-state index contributed by atoms with van der Waals surface area (Å²) in [7, 11) is 0. The van der Waals surface area contributed by atoms with Crippen molar-refractivity contribution in [3.8, 4) is 0 Å².